The molecule has 1 radical (unpaired) electrons. The number of fused-ring (bicyclic) bond motifs is 6. The minimum Gasteiger partial charge on any atom is -0.0616 e. The van der Waals surface area contributed by atoms with Crippen LogP contribution in [-0.2, 0) is 0 Å². The lowest BCUT2D eigenvalue weighted by atomic mass is 9.87. The molecule has 0 aliphatic carbocycles. The van der Waals surface area contributed by atoms with Crippen LogP contribution in [0, 0.1) is 6.07 Å². The fourth-order valence-electron chi connectivity index (χ4n) is 9.11. The van der Waals surface area contributed by atoms with Gasteiger partial charge < -0.3 is 0 Å². The molecule has 0 spiro atoms. The topological polar surface area (TPSA) is 0 Å². The van der Waals surface area contributed by atoms with Crippen LogP contribution >= 0.6 is 0 Å². The maximum Gasteiger partial charge on any atom is -0.00264 e. The molecule has 0 heterocycles. The van der Waals surface area contributed by atoms with E-state index in [-0.39, 0.29) is 0 Å². The Bertz CT molecular complexity index is 3200. The zero-order chi connectivity index (χ0) is 32.5. The first-order valence-corrected chi connectivity index (χ1v) is 17.4. The average Bonchev–Trinajstić information content (AvgIpc) is 3.18. The molecular formula is C50H27. The highest BCUT2D eigenvalue weighted by molar-refractivity contribution is 6.28. The van der Waals surface area contributed by atoms with Gasteiger partial charge in [-0.2, -0.15) is 0 Å². The van der Waals surface area contributed by atoms with E-state index in [2.05, 4.69) is 170 Å². The zero-order valence-electron chi connectivity index (χ0n) is 27.1. The lowest BCUT2D eigenvalue weighted by Gasteiger charge is -2.16. The first-order chi connectivity index (χ1) is 24.7. The fraction of sp³-hybridized carbons (Fsp3) is 0. The van der Waals surface area contributed by atoms with Crippen molar-refractivity contribution in [2.24, 2.45) is 0 Å². The average molecular weight is 628 g/mol. The van der Waals surface area contributed by atoms with Crippen molar-refractivity contribution in [1.82, 2.24) is 0 Å². The van der Waals surface area contributed by atoms with Crippen LogP contribution in [0.5, 0.6) is 0 Å². The van der Waals surface area contributed by atoms with Gasteiger partial charge in [0.2, 0.25) is 0 Å². The van der Waals surface area contributed by atoms with Gasteiger partial charge in [-0.3, -0.25) is 0 Å². The summed E-state index contributed by atoms with van der Waals surface area (Å²) in [6.45, 7) is 0. The number of hydrogen-bond donors (Lipinski definition) is 0. The molecule has 0 saturated heterocycles. The van der Waals surface area contributed by atoms with E-state index in [0.717, 1.165) is 0 Å². The lowest BCUT2D eigenvalue weighted by Crippen LogP contribution is -1.89. The minimum absolute atomic E-state index is 1.25. The number of rotatable bonds is 2. The van der Waals surface area contributed by atoms with Gasteiger partial charge in [0, 0.05) is 0 Å². The fourth-order valence-corrected chi connectivity index (χ4v) is 9.11. The second-order valence-electron chi connectivity index (χ2n) is 14.0. The van der Waals surface area contributed by atoms with Gasteiger partial charge in [0.1, 0.15) is 0 Å². The van der Waals surface area contributed by atoms with Crippen molar-refractivity contribution in [3.63, 3.8) is 0 Å². The quantitative estimate of drug-likeness (QED) is 0.167. The third kappa shape index (κ3) is 3.55. The van der Waals surface area contributed by atoms with Gasteiger partial charge in [-0.05, 0) is 180 Å². The Balaban J connectivity index is 1.03. The van der Waals surface area contributed by atoms with Crippen LogP contribution in [0.15, 0.2) is 164 Å². The molecule has 0 amide bonds. The van der Waals surface area contributed by atoms with E-state index in [4.69, 9.17) is 0 Å². The molecule has 0 heteroatoms. The van der Waals surface area contributed by atoms with Crippen molar-refractivity contribution in [1.29, 1.82) is 0 Å². The van der Waals surface area contributed by atoms with Crippen LogP contribution in [0.2, 0.25) is 0 Å². The molecule has 0 nitrogen and oxygen atoms in total. The molecule has 12 aromatic carbocycles. The lowest BCUT2D eigenvalue weighted by molar-refractivity contribution is 1.69. The van der Waals surface area contributed by atoms with E-state index in [1.807, 2.05) is 0 Å². The summed E-state index contributed by atoms with van der Waals surface area (Å²) in [5.74, 6) is 0. The molecule has 12 rings (SSSR count). The third-order valence-corrected chi connectivity index (χ3v) is 11.3. The molecule has 0 aromatic heterocycles. The zero-order valence-corrected chi connectivity index (χ0v) is 27.1. The van der Waals surface area contributed by atoms with Gasteiger partial charge in [0.25, 0.3) is 0 Å². The standard InChI is InChI=1S/C50H27/c1-2-10-43-41(8-1)42-9-3-4-11-44(42)46-28-31(20-21-45(43)46)38-22-34-16-18-36-26-40(27-37-19-17-35(23-38)49(34)50(36)37)39-24-32-14-12-29-6-5-7-30-13-15-33(25-39)48(32)47(29)30/h1-4,6-28H. The summed E-state index contributed by atoms with van der Waals surface area (Å²) in [5, 5.41) is 23.4. The largest absolute Gasteiger partial charge is 0.0616 e. The second kappa shape index (κ2) is 9.56. The maximum atomic E-state index is 3.30. The molecule has 0 aliphatic rings. The van der Waals surface area contributed by atoms with Crippen LogP contribution < -0.4 is 0 Å². The summed E-state index contributed by atoms with van der Waals surface area (Å²) < 4.78 is 0. The molecule has 0 bridgehead atoms. The van der Waals surface area contributed by atoms with Gasteiger partial charge in [0.15, 0.2) is 0 Å². The Labute approximate surface area is 288 Å². The van der Waals surface area contributed by atoms with Crippen LogP contribution in [0.3, 0.4) is 0 Å². The normalized spacial score (nSPS) is 12.4. The predicted octanol–water partition coefficient (Wildman–Crippen LogP) is 14.1. The van der Waals surface area contributed by atoms with E-state index in [1.165, 1.54) is 119 Å². The van der Waals surface area contributed by atoms with Crippen molar-refractivity contribution in [3.8, 4) is 22.3 Å². The molecule has 0 saturated carbocycles. The molecule has 0 unspecified atom stereocenters. The predicted molar refractivity (Wildman–Crippen MR) is 216 cm³/mol. The highest BCUT2D eigenvalue weighted by Crippen LogP contribution is 2.43. The number of hydrogen-bond acceptors (Lipinski definition) is 0. The smallest absolute Gasteiger partial charge is 0.00264 e. The summed E-state index contributed by atoms with van der Waals surface area (Å²) in [5.41, 5.74) is 5.01. The Morgan fingerprint density at radius 3 is 0.980 bits per heavy atom. The third-order valence-electron chi connectivity index (χ3n) is 11.3. The van der Waals surface area contributed by atoms with Crippen molar-refractivity contribution < 1.29 is 0 Å². The molecule has 50 heavy (non-hydrogen) atoms. The van der Waals surface area contributed by atoms with Gasteiger partial charge >= 0.3 is 0 Å². The molecule has 0 fully saturated rings. The minimum atomic E-state index is 1.25. The maximum absolute atomic E-state index is 3.30. The summed E-state index contributed by atoms with van der Waals surface area (Å²) in [7, 11) is 0. The van der Waals surface area contributed by atoms with Gasteiger partial charge in [0.05, 0.1) is 0 Å². The van der Waals surface area contributed by atoms with Crippen molar-refractivity contribution in [2.45, 2.75) is 0 Å². The van der Waals surface area contributed by atoms with Crippen molar-refractivity contribution >= 4 is 97.0 Å². The van der Waals surface area contributed by atoms with E-state index in [1.54, 1.807) is 0 Å². The van der Waals surface area contributed by atoms with E-state index < -0.39 is 0 Å². The van der Waals surface area contributed by atoms with E-state index in [0.29, 0.717) is 0 Å². The van der Waals surface area contributed by atoms with Crippen LogP contribution in [0.25, 0.3) is 119 Å². The van der Waals surface area contributed by atoms with E-state index >= 15 is 0 Å². The van der Waals surface area contributed by atoms with Crippen molar-refractivity contribution in [3.05, 3.63) is 170 Å². The Kier molecular flexibility index (Phi) is 5.06. The SMILES string of the molecule is [c]1cc2ccc3cc(-c4cc5ccc6cc(-c7ccc8c9ccccc9c9ccccc9c8c7)cc7ccc(c4)c5c67)cc4ccc(c1)c2c34. The van der Waals surface area contributed by atoms with Gasteiger partial charge in [-0.1, -0.05) is 109 Å². The first-order valence-electron chi connectivity index (χ1n) is 17.4. The van der Waals surface area contributed by atoms with Gasteiger partial charge in [-0.25, -0.2) is 0 Å². The summed E-state index contributed by atoms with van der Waals surface area (Å²) in [4.78, 5) is 0. The molecule has 12 aromatic rings. The Morgan fingerprint density at radius 2 is 0.560 bits per heavy atom. The van der Waals surface area contributed by atoms with Crippen LogP contribution in [-0.4, -0.2) is 0 Å². The second-order valence-corrected chi connectivity index (χ2v) is 14.0. The molecule has 0 atom stereocenters. The van der Waals surface area contributed by atoms with Gasteiger partial charge in [-0.15, -0.1) is 0 Å². The summed E-state index contributed by atoms with van der Waals surface area (Å²) >= 11 is 0. The van der Waals surface area contributed by atoms with E-state index in [9.17, 15) is 0 Å². The first kappa shape index (κ1) is 26.5. The molecule has 0 N–H and O–H groups in total. The molecule has 0 aliphatic heterocycles. The summed E-state index contributed by atoms with van der Waals surface area (Å²) in [6, 6.07) is 64.7. The highest BCUT2D eigenvalue weighted by atomic mass is 14.2. The molecule has 227 valence electrons. The highest BCUT2D eigenvalue weighted by Gasteiger charge is 2.15. The Morgan fingerprint density at radius 1 is 0.240 bits per heavy atom. The van der Waals surface area contributed by atoms with Crippen molar-refractivity contribution in [2.75, 3.05) is 0 Å². The molecular weight excluding hydrogens is 601 g/mol. The summed E-state index contributed by atoms with van der Waals surface area (Å²) in [6.07, 6.45) is 0. The Hall–Kier alpha value is -6.50. The number of benzene rings is 12. The van der Waals surface area contributed by atoms with Crippen LogP contribution in [0.4, 0.5) is 0 Å². The monoisotopic (exact) mass is 627 g/mol. The van der Waals surface area contributed by atoms with Crippen LogP contribution in [0.1, 0.15) is 0 Å².